The number of hydrogen-bond donors (Lipinski definition) is 1. The van der Waals surface area contributed by atoms with Crippen LogP contribution in [0.4, 0.5) is 5.69 Å². The molecule has 0 atom stereocenters. The lowest BCUT2D eigenvalue weighted by Gasteiger charge is -2.24. The molecule has 1 aromatic heterocycles. The molecule has 0 aliphatic rings. The number of nitrogens with one attached hydrogen (secondary N) is 1. The van der Waals surface area contributed by atoms with E-state index in [1.54, 1.807) is 24.3 Å². The standard InChI is InChI=1S/C21H25N3O3S/c1-21(2,17-8-6-7-9-18(17)22-3)20-14-19(23-27-20)15-10-12-16(13-11-15)28(25,26)24(4)5/h6-14,22H,1-5H3. The van der Waals surface area contributed by atoms with E-state index < -0.39 is 10.0 Å². The molecule has 0 radical (unpaired) electrons. The van der Waals surface area contributed by atoms with Crippen molar-refractivity contribution in [1.29, 1.82) is 0 Å². The third-order valence-corrected chi connectivity index (χ3v) is 6.75. The van der Waals surface area contributed by atoms with Gasteiger partial charge in [-0.2, -0.15) is 0 Å². The van der Waals surface area contributed by atoms with E-state index in [-0.39, 0.29) is 10.3 Å². The normalized spacial score (nSPS) is 12.4. The molecule has 0 saturated carbocycles. The minimum Gasteiger partial charge on any atom is -0.388 e. The van der Waals surface area contributed by atoms with Crippen LogP contribution in [0.5, 0.6) is 0 Å². The van der Waals surface area contributed by atoms with E-state index in [2.05, 4.69) is 30.4 Å². The zero-order valence-electron chi connectivity index (χ0n) is 16.7. The topological polar surface area (TPSA) is 75.4 Å². The third-order valence-electron chi connectivity index (χ3n) is 4.92. The van der Waals surface area contributed by atoms with Crippen LogP contribution in [-0.4, -0.2) is 39.0 Å². The Labute approximate surface area is 166 Å². The van der Waals surface area contributed by atoms with E-state index in [1.807, 2.05) is 31.3 Å². The molecule has 0 aliphatic heterocycles. The van der Waals surface area contributed by atoms with E-state index in [0.29, 0.717) is 5.69 Å². The maximum absolute atomic E-state index is 12.2. The van der Waals surface area contributed by atoms with Crippen molar-refractivity contribution >= 4 is 15.7 Å². The summed E-state index contributed by atoms with van der Waals surface area (Å²) in [5.41, 5.74) is 3.21. The summed E-state index contributed by atoms with van der Waals surface area (Å²) in [4.78, 5) is 0.244. The molecule has 1 N–H and O–H groups in total. The fourth-order valence-corrected chi connectivity index (χ4v) is 3.99. The van der Waals surface area contributed by atoms with Crippen LogP contribution in [0.2, 0.25) is 0 Å². The van der Waals surface area contributed by atoms with Gasteiger partial charge in [-0.05, 0) is 37.6 Å². The Morgan fingerprint density at radius 3 is 2.29 bits per heavy atom. The first kappa shape index (κ1) is 20.1. The Morgan fingerprint density at radius 1 is 1.04 bits per heavy atom. The largest absolute Gasteiger partial charge is 0.388 e. The Hall–Kier alpha value is -2.64. The van der Waals surface area contributed by atoms with Crippen molar-refractivity contribution < 1.29 is 12.9 Å². The molecular weight excluding hydrogens is 374 g/mol. The summed E-state index contributed by atoms with van der Waals surface area (Å²) in [7, 11) is 1.46. The van der Waals surface area contributed by atoms with Gasteiger partial charge < -0.3 is 9.84 Å². The molecule has 6 nitrogen and oxygen atoms in total. The first-order chi connectivity index (χ1) is 13.2. The highest BCUT2D eigenvalue weighted by molar-refractivity contribution is 7.89. The van der Waals surface area contributed by atoms with Crippen molar-refractivity contribution in [3.8, 4) is 11.3 Å². The third kappa shape index (κ3) is 3.55. The molecule has 7 heteroatoms. The van der Waals surface area contributed by atoms with Crippen LogP contribution in [0, 0.1) is 0 Å². The van der Waals surface area contributed by atoms with Crippen molar-refractivity contribution in [3.05, 3.63) is 65.9 Å². The lowest BCUT2D eigenvalue weighted by molar-refractivity contribution is 0.342. The molecule has 1 heterocycles. The van der Waals surface area contributed by atoms with E-state index in [4.69, 9.17) is 4.52 Å². The van der Waals surface area contributed by atoms with Gasteiger partial charge in [-0.25, -0.2) is 12.7 Å². The lowest BCUT2D eigenvalue weighted by atomic mass is 9.81. The van der Waals surface area contributed by atoms with Gasteiger partial charge in [0.2, 0.25) is 10.0 Å². The second kappa shape index (κ2) is 7.41. The first-order valence-corrected chi connectivity index (χ1v) is 10.4. The number of para-hydroxylation sites is 1. The Kier molecular flexibility index (Phi) is 5.32. The second-order valence-corrected chi connectivity index (χ2v) is 9.46. The number of rotatable bonds is 6. The average Bonchev–Trinajstić information content (AvgIpc) is 3.19. The second-order valence-electron chi connectivity index (χ2n) is 7.31. The quantitative estimate of drug-likeness (QED) is 0.679. The average molecular weight is 400 g/mol. The van der Waals surface area contributed by atoms with Crippen LogP contribution < -0.4 is 5.32 Å². The van der Waals surface area contributed by atoms with Crippen molar-refractivity contribution in [2.75, 3.05) is 26.5 Å². The van der Waals surface area contributed by atoms with Gasteiger partial charge in [0.25, 0.3) is 0 Å². The number of aromatic nitrogens is 1. The highest BCUT2D eigenvalue weighted by atomic mass is 32.2. The van der Waals surface area contributed by atoms with Gasteiger partial charge in [0, 0.05) is 38.5 Å². The minimum atomic E-state index is -3.46. The van der Waals surface area contributed by atoms with Gasteiger partial charge in [0.1, 0.15) is 11.5 Å². The monoisotopic (exact) mass is 399 g/mol. The molecular formula is C21H25N3O3S. The van der Waals surface area contributed by atoms with Gasteiger partial charge >= 0.3 is 0 Å². The predicted octanol–water partition coefficient (Wildman–Crippen LogP) is 3.96. The molecule has 0 saturated heterocycles. The summed E-state index contributed by atoms with van der Waals surface area (Å²) in [5, 5.41) is 7.42. The first-order valence-electron chi connectivity index (χ1n) is 8.95. The molecule has 2 aromatic carbocycles. The van der Waals surface area contributed by atoms with Crippen LogP contribution >= 0.6 is 0 Å². The number of benzene rings is 2. The van der Waals surface area contributed by atoms with Crippen LogP contribution in [0.3, 0.4) is 0 Å². The molecule has 0 fully saturated rings. The highest BCUT2D eigenvalue weighted by Gasteiger charge is 2.30. The fourth-order valence-electron chi connectivity index (χ4n) is 3.09. The molecule has 3 rings (SSSR count). The molecule has 0 aliphatic carbocycles. The molecule has 0 bridgehead atoms. The van der Waals surface area contributed by atoms with Crippen LogP contribution in [-0.2, 0) is 15.4 Å². The van der Waals surface area contributed by atoms with Gasteiger partial charge in [-0.15, -0.1) is 0 Å². The number of anilines is 1. The minimum absolute atomic E-state index is 0.244. The molecule has 3 aromatic rings. The molecule has 148 valence electrons. The van der Waals surface area contributed by atoms with Crippen LogP contribution in [0.25, 0.3) is 11.3 Å². The van der Waals surface area contributed by atoms with E-state index in [0.717, 1.165) is 22.6 Å². The zero-order valence-corrected chi connectivity index (χ0v) is 17.5. The van der Waals surface area contributed by atoms with Gasteiger partial charge in [0.05, 0.1) is 10.3 Å². The smallest absolute Gasteiger partial charge is 0.242 e. The summed E-state index contributed by atoms with van der Waals surface area (Å²) in [6.45, 7) is 4.17. The van der Waals surface area contributed by atoms with E-state index in [1.165, 1.54) is 18.4 Å². The SMILES string of the molecule is CNc1ccccc1C(C)(C)c1cc(-c2ccc(S(=O)(=O)N(C)C)cc2)no1. The van der Waals surface area contributed by atoms with E-state index >= 15 is 0 Å². The van der Waals surface area contributed by atoms with Crippen molar-refractivity contribution in [2.45, 2.75) is 24.2 Å². The fraction of sp³-hybridized carbons (Fsp3) is 0.286. The number of hydrogen-bond acceptors (Lipinski definition) is 5. The maximum Gasteiger partial charge on any atom is 0.242 e. The molecule has 28 heavy (non-hydrogen) atoms. The van der Waals surface area contributed by atoms with E-state index in [9.17, 15) is 8.42 Å². The van der Waals surface area contributed by atoms with Crippen LogP contribution in [0.15, 0.2) is 64.0 Å². The van der Waals surface area contributed by atoms with Gasteiger partial charge in [-0.3, -0.25) is 0 Å². The molecule has 0 unspecified atom stereocenters. The predicted molar refractivity (Wildman–Crippen MR) is 111 cm³/mol. The van der Waals surface area contributed by atoms with Crippen molar-refractivity contribution in [2.24, 2.45) is 0 Å². The van der Waals surface area contributed by atoms with Crippen molar-refractivity contribution in [1.82, 2.24) is 9.46 Å². The summed E-state index contributed by atoms with van der Waals surface area (Å²) in [6.07, 6.45) is 0. The molecule has 0 spiro atoms. The maximum atomic E-state index is 12.2. The number of sulfonamides is 1. The Morgan fingerprint density at radius 2 is 1.68 bits per heavy atom. The van der Waals surface area contributed by atoms with Gasteiger partial charge in [-0.1, -0.05) is 35.5 Å². The molecule has 0 amide bonds. The summed E-state index contributed by atoms with van der Waals surface area (Å²) >= 11 is 0. The Bertz CT molecular complexity index is 1070. The van der Waals surface area contributed by atoms with Gasteiger partial charge in [0.15, 0.2) is 0 Å². The Balaban J connectivity index is 1.94. The highest BCUT2D eigenvalue weighted by Crippen LogP contribution is 2.37. The van der Waals surface area contributed by atoms with Crippen molar-refractivity contribution in [3.63, 3.8) is 0 Å². The summed E-state index contributed by atoms with van der Waals surface area (Å²) < 4.78 is 31.3. The lowest BCUT2D eigenvalue weighted by Crippen LogP contribution is -2.22. The van der Waals surface area contributed by atoms with Crippen LogP contribution in [0.1, 0.15) is 25.2 Å². The number of nitrogens with zero attached hydrogens (tertiary/aromatic N) is 2. The summed E-state index contributed by atoms with van der Waals surface area (Å²) in [6, 6.07) is 16.6. The summed E-state index contributed by atoms with van der Waals surface area (Å²) in [5.74, 6) is 0.732. The zero-order chi connectivity index (χ0) is 20.5.